The fourth-order valence-corrected chi connectivity index (χ4v) is 3.24. The Morgan fingerprint density at radius 3 is 2.77 bits per heavy atom. The number of anilines is 1. The van der Waals surface area contributed by atoms with Gasteiger partial charge in [-0.25, -0.2) is 0 Å². The summed E-state index contributed by atoms with van der Waals surface area (Å²) in [4.78, 5) is 28.1. The summed E-state index contributed by atoms with van der Waals surface area (Å²) >= 11 is 0. The van der Waals surface area contributed by atoms with E-state index < -0.39 is 0 Å². The van der Waals surface area contributed by atoms with Gasteiger partial charge in [0.1, 0.15) is 0 Å². The largest absolute Gasteiger partial charge is 0.334 e. The van der Waals surface area contributed by atoms with Gasteiger partial charge >= 0.3 is 0 Å². The normalized spacial score (nSPS) is 21.1. The van der Waals surface area contributed by atoms with E-state index in [2.05, 4.69) is 0 Å². The lowest BCUT2D eigenvalue weighted by molar-refractivity contribution is -0.117. The van der Waals surface area contributed by atoms with E-state index in [1.807, 2.05) is 29.2 Å². The lowest BCUT2D eigenvalue weighted by atomic mass is 10.1. The summed E-state index contributed by atoms with van der Waals surface area (Å²) in [5.41, 5.74) is 7.21. The van der Waals surface area contributed by atoms with Crippen molar-refractivity contribution in [1.82, 2.24) is 4.90 Å². The van der Waals surface area contributed by atoms with Crippen LogP contribution in [0.2, 0.25) is 0 Å². The zero-order valence-corrected chi connectivity index (χ0v) is 13.3. The molecule has 1 unspecified atom stereocenters. The number of nitrogens with zero attached hydrogens (tertiary/aromatic N) is 2. The molecule has 3 rings (SSSR count). The summed E-state index contributed by atoms with van der Waals surface area (Å²) in [5, 5.41) is 0. The van der Waals surface area contributed by atoms with Crippen LogP contribution in [-0.2, 0) is 4.79 Å². The highest BCUT2D eigenvalue weighted by Gasteiger charge is 2.29. The Labute approximate surface area is 136 Å². The van der Waals surface area contributed by atoms with Crippen molar-refractivity contribution in [3.05, 3.63) is 29.8 Å². The van der Waals surface area contributed by atoms with Gasteiger partial charge in [-0.05, 0) is 37.5 Å². The van der Waals surface area contributed by atoms with E-state index in [1.165, 1.54) is 0 Å². The van der Waals surface area contributed by atoms with Crippen molar-refractivity contribution in [1.29, 1.82) is 0 Å². The summed E-state index contributed by atoms with van der Waals surface area (Å²) in [5.74, 6) is 0.164. The SMILES string of the molecule is Cl.NCC1CCCN1C(=O)c1cccc(N2CCCC2=O)c1. The maximum Gasteiger partial charge on any atom is 0.254 e. The Morgan fingerprint density at radius 2 is 2.09 bits per heavy atom. The minimum atomic E-state index is 0. The standard InChI is InChI=1S/C16H21N3O2.ClH/c17-11-14-6-2-9-19(14)16(21)12-4-1-5-13(10-12)18-8-3-7-15(18)20;/h1,4-5,10,14H,2-3,6-9,11,17H2;1H. The number of carbonyl (C=O) groups is 2. The molecule has 2 amide bonds. The van der Waals surface area contributed by atoms with Crippen LogP contribution in [0.4, 0.5) is 5.69 Å². The van der Waals surface area contributed by atoms with E-state index in [-0.39, 0.29) is 30.3 Å². The first-order chi connectivity index (χ1) is 10.2. The summed E-state index contributed by atoms with van der Waals surface area (Å²) in [6.07, 6.45) is 3.47. The predicted molar refractivity (Wildman–Crippen MR) is 88.4 cm³/mol. The molecule has 6 heteroatoms. The molecule has 0 radical (unpaired) electrons. The average molecular weight is 324 g/mol. The molecule has 0 bridgehead atoms. The van der Waals surface area contributed by atoms with Gasteiger partial charge in [-0.3, -0.25) is 9.59 Å². The molecule has 2 N–H and O–H groups in total. The number of nitrogens with two attached hydrogens (primary N) is 1. The molecule has 2 saturated heterocycles. The monoisotopic (exact) mass is 323 g/mol. The van der Waals surface area contributed by atoms with Crippen LogP contribution >= 0.6 is 12.4 Å². The highest BCUT2D eigenvalue weighted by molar-refractivity contribution is 5.99. The molecule has 5 nitrogen and oxygen atoms in total. The molecule has 1 aromatic rings. The smallest absolute Gasteiger partial charge is 0.254 e. The van der Waals surface area contributed by atoms with Crippen molar-refractivity contribution in [3.63, 3.8) is 0 Å². The molecule has 22 heavy (non-hydrogen) atoms. The molecular formula is C16H22ClN3O2. The van der Waals surface area contributed by atoms with E-state index in [1.54, 1.807) is 4.90 Å². The maximum atomic E-state index is 12.6. The van der Waals surface area contributed by atoms with Crippen molar-refractivity contribution < 1.29 is 9.59 Å². The van der Waals surface area contributed by atoms with E-state index in [4.69, 9.17) is 5.73 Å². The number of halogens is 1. The Balaban J connectivity index is 0.00000176. The van der Waals surface area contributed by atoms with Gasteiger partial charge in [-0.1, -0.05) is 6.07 Å². The number of hydrogen-bond donors (Lipinski definition) is 1. The van der Waals surface area contributed by atoms with Crippen LogP contribution < -0.4 is 10.6 Å². The Kier molecular flexibility index (Phi) is 5.42. The summed E-state index contributed by atoms with van der Waals surface area (Å²) in [6.45, 7) is 2.02. The van der Waals surface area contributed by atoms with Crippen LogP contribution in [0, 0.1) is 0 Å². The molecule has 0 aromatic heterocycles. The number of carbonyl (C=O) groups excluding carboxylic acids is 2. The number of hydrogen-bond acceptors (Lipinski definition) is 3. The summed E-state index contributed by atoms with van der Waals surface area (Å²) < 4.78 is 0. The highest BCUT2D eigenvalue weighted by atomic mass is 35.5. The van der Waals surface area contributed by atoms with Crippen LogP contribution in [0.5, 0.6) is 0 Å². The molecule has 0 spiro atoms. The average Bonchev–Trinajstić information content (AvgIpc) is 3.15. The molecule has 0 saturated carbocycles. The molecule has 0 aliphatic carbocycles. The van der Waals surface area contributed by atoms with Gasteiger partial charge in [0.25, 0.3) is 5.91 Å². The summed E-state index contributed by atoms with van der Waals surface area (Å²) in [7, 11) is 0. The lowest BCUT2D eigenvalue weighted by Gasteiger charge is -2.24. The van der Waals surface area contributed by atoms with Gasteiger partial charge < -0.3 is 15.5 Å². The van der Waals surface area contributed by atoms with Crippen LogP contribution in [0.25, 0.3) is 0 Å². The van der Waals surface area contributed by atoms with E-state index in [9.17, 15) is 9.59 Å². The van der Waals surface area contributed by atoms with Crippen molar-refractivity contribution in [2.45, 2.75) is 31.7 Å². The Bertz CT molecular complexity index is 564. The molecule has 2 aliphatic rings. The van der Waals surface area contributed by atoms with Gasteiger partial charge in [0.15, 0.2) is 0 Å². The van der Waals surface area contributed by atoms with Crippen molar-refractivity contribution in [2.75, 3.05) is 24.5 Å². The first-order valence-electron chi connectivity index (χ1n) is 7.62. The lowest BCUT2D eigenvalue weighted by Crippen LogP contribution is -2.40. The first kappa shape index (κ1) is 16.8. The van der Waals surface area contributed by atoms with E-state index in [0.717, 1.165) is 38.0 Å². The molecule has 2 heterocycles. The minimum absolute atomic E-state index is 0. The van der Waals surface area contributed by atoms with Gasteiger partial charge in [0.2, 0.25) is 5.91 Å². The third-order valence-electron chi connectivity index (χ3n) is 4.39. The first-order valence-corrected chi connectivity index (χ1v) is 7.62. The second kappa shape index (κ2) is 7.11. The van der Waals surface area contributed by atoms with Crippen molar-refractivity contribution in [2.24, 2.45) is 5.73 Å². The quantitative estimate of drug-likeness (QED) is 0.922. The molecule has 2 aliphatic heterocycles. The number of rotatable bonds is 3. The van der Waals surface area contributed by atoms with Crippen LogP contribution in [0.15, 0.2) is 24.3 Å². The minimum Gasteiger partial charge on any atom is -0.334 e. The van der Waals surface area contributed by atoms with Crippen molar-refractivity contribution in [3.8, 4) is 0 Å². The number of benzene rings is 1. The molecule has 120 valence electrons. The summed E-state index contributed by atoms with van der Waals surface area (Å²) in [6, 6.07) is 7.54. The van der Waals surface area contributed by atoms with Crippen molar-refractivity contribution >= 4 is 29.9 Å². The maximum absolute atomic E-state index is 12.6. The Morgan fingerprint density at radius 1 is 1.27 bits per heavy atom. The third-order valence-corrected chi connectivity index (χ3v) is 4.39. The van der Waals surface area contributed by atoms with Gasteiger partial charge in [0.05, 0.1) is 0 Å². The second-order valence-corrected chi connectivity index (χ2v) is 5.73. The molecule has 2 fully saturated rings. The zero-order chi connectivity index (χ0) is 14.8. The zero-order valence-electron chi connectivity index (χ0n) is 12.5. The Hall–Kier alpha value is -1.59. The highest BCUT2D eigenvalue weighted by Crippen LogP contribution is 2.25. The van der Waals surface area contributed by atoms with Gasteiger partial charge in [-0.2, -0.15) is 0 Å². The van der Waals surface area contributed by atoms with Crippen LogP contribution in [0.3, 0.4) is 0 Å². The van der Waals surface area contributed by atoms with Crippen LogP contribution in [0.1, 0.15) is 36.0 Å². The predicted octanol–water partition coefficient (Wildman–Crippen LogP) is 1.80. The van der Waals surface area contributed by atoms with Gasteiger partial charge in [-0.15, -0.1) is 12.4 Å². The molecular weight excluding hydrogens is 302 g/mol. The fraction of sp³-hybridized carbons (Fsp3) is 0.500. The molecule has 1 atom stereocenters. The number of amides is 2. The fourth-order valence-electron chi connectivity index (χ4n) is 3.24. The second-order valence-electron chi connectivity index (χ2n) is 5.73. The third kappa shape index (κ3) is 3.10. The van der Waals surface area contributed by atoms with Gasteiger partial charge in [0, 0.05) is 43.3 Å². The number of likely N-dealkylation sites (tertiary alicyclic amines) is 1. The topological polar surface area (TPSA) is 66.6 Å². The molecule has 1 aromatic carbocycles. The van der Waals surface area contributed by atoms with Crippen LogP contribution in [-0.4, -0.2) is 42.4 Å². The van der Waals surface area contributed by atoms with E-state index >= 15 is 0 Å². The van der Waals surface area contributed by atoms with E-state index in [0.29, 0.717) is 18.5 Å².